The monoisotopic (exact) mass is 361 g/mol. The maximum absolute atomic E-state index is 5.23. The van der Waals surface area contributed by atoms with Crippen LogP contribution in [0.2, 0.25) is 0 Å². The Kier molecular flexibility index (Phi) is 4.88. The van der Waals surface area contributed by atoms with Crippen LogP contribution >= 0.6 is 31.9 Å². The molecule has 0 spiro atoms. The molecule has 1 fully saturated rings. The van der Waals surface area contributed by atoms with Crippen molar-refractivity contribution in [3.63, 3.8) is 0 Å². The van der Waals surface area contributed by atoms with Gasteiger partial charge < -0.3 is 9.64 Å². The number of alkyl halides is 1. The van der Waals surface area contributed by atoms with Crippen molar-refractivity contribution in [1.82, 2.24) is 0 Å². The van der Waals surface area contributed by atoms with Gasteiger partial charge in [0.15, 0.2) is 0 Å². The topological polar surface area (TPSA) is 12.5 Å². The zero-order valence-corrected chi connectivity index (χ0v) is 13.1. The van der Waals surface area contributed by atoms with E-state index in [0.717, 1.165) is 25.0 Å². The molecule has 2 rings (SSSR count). The first-order chi connectivity index (χ1) is 8.24. The molecule has 0 amide bonds. The Morgan fingerprint density at radius 1 is 1.47 bits per heavy atom. The first-order valence-electron chi connectivity index (χ1n) is 5.83. The van der Waals surface area contributed by atoms with Crippen LogP contribution in [0.15, 0.2) is 22.7 Å². The average Bonchev–Trinajstić information content (AvgIpc) is 2.78. The van der Waals surface area contributed by atoms with Gasteiger partial charge in [-0.2, -0.15) is 0 Å². The van der Waals surface area contributed by atoms with Gasteiger partial charge in [-0.15, -0.1) is 0 Å². The number of methoxy groups -OCH3 is 1. The van der Waals surface area contributed by atoms with E-state index < -0.39 is 0 Å². The molecule has 0 saturated carbocycles. The van der Waals surface area contributed by atoms with Crippen LogP contribution in [0.5, 0.6) is 0 Å². The molecular formula is C13H17Br2NO. The van der Waals surface area contributed by atoms with Gasteiger partial charge in [0.2, 0.25) is 0 Å². The van der Waals surface area contributed by atoms with Gasteiger partial charge in [-0.3, -0.25) is 0 Å². The molecule has 1 aromatic rings. The SMILES string of the molecule is COCC1CCN(c2ccc(CBr)c(Br)c2)C1. The Balaban J connectivity index is 2.06. The summed E-state index contributed by atoms with van der Waals surface area (Å²) in [4.78, 5) is 2.44. The second-order valence-electron chi connectivity index (χ2n) is 4.47. The molecule has 0 radical (unpaired) electrons. The normalized spacial score (nSPS) is 19.9. The Morgan fingerprint density at radius 3 is 2.94 bits per heavy atom. The quantitative estimate of drug-likeness (QED) is 0.755. The second kappa shape index (κ2) is 6.21. The average molecular weight is 363 g/mol. The molecular weight excluding hydrogens is 346 g/mol. The molecule has 0 N–H and O–H groups in total. The Hall–Kier alpha value is -0.0600. The fourth-order valence-electron chi connectivity index (χ4n) is 2.28. The van der Waals surface area contributed by atoms with Gasteiger partial charge in [-0.05, 0) is 24.1 Å². The summed E-state index contributed by atoms with van der Waals surface area (Å²) in [6.07, 6.45) is 1.23. The number of hydrogen-bond donors (Lipinski definition) is 0. The fraction of sp³-hybridized carbons (Fsp3) is 0.538. The highest BCUT2D eigenvalue weighted by atomic mass is 79.9. The van der Waals surface area contributed by atoms with Crippen molar-refractivity contribution in [1.29, 1.82) is 0 Å². The molecule has 0 bridgehead atoms. The van der Waals surface area contributed by atoms with E-state index in [9.17, 15) is 0 Å². The summed E-state index contributed by atoms with van der Waals surface area (Å²) in [5.74, 6) is 0.676. The van der Waals surface area contributed by atoms with Crippen molar-refractivity contribution in [3.8, 4) is 0 Å². The zero-order valence-electron chi connectivity index (χ0n) is 9.96. The van der Waals surface area contributed by atoms with Gasteiger partial charge in [-0.25, -0.2) is 0 Å². The molecule has 1 atom stereocenters. The third-order valence-corrected chi connectivity index (χ3v) is 4.58. The van der Waals surface area contributed by atoms with Crippen LogP contribution < -0.4 is 4.90 Å². The molecule has 4 heteroatoms. The van der Waals surface area contributed by atoms with Crippen LogP contribution in [0.4, 0.5) is 5.69 Å². The van der Waals surface area contributed by atoms with E-state index >= 15 is 0 Å². The van der Waals surface area contributed by atoms with Crippen LogP contribution in [-0.2, 0) is 10.1 Å². The molecule has 1 aliphatic heterocycles. The molecule has 1 aromatic carbocycles. The third kappa shape index (κ3) is 3.24. The second-order valence-corrected chi connectivity index (χ2v) is 5.88. The third-order valence-electron chi connectivity index (χ3n) is 3.23. The number of anilines is 1. The Morgan fingerprint density at radius 2 is 2.29 bits per heavy atom. The number of benzene rings is 1. The highest BCUT2D eigenvalue weighted by Crippen LogP contribution is 2.29. The standard InChI is InChI=1S/C13H17Br2NO/c1-17-9-10-4-5-16(8-10)12-3-2-11(7-14)13(15)6-12/h2-3,6,10H,4-5,7-9H2,1H3. The van der Waals surface area contributed by atoms with E-state index in [0.29, 0.717) is 5.92 Å². The summed E-state index contributed by atoms with van der Waals surface area (Å²) >= 11 is 7.11. The molecule has 0 aliphatic carbocycles. The summed E-state index contributed by atoms with van der Waals surface area (Å²) in [6, 6.07) is 6.60. The smallest absolute Gasteiger partial charge is 0.0508 e. The van der Waals surface area contributed by atoms with Crippen molar-refractivity contribution >= 4 is 37.5 Å². The van der Waals surface area contributed by atoms with E-state index in [2.05, 4.69) is 55.0 Å². The predicted octanol–water partition coefficient (Wildman–Crippen LogP) is 3.82. The van der Waals surface area contributed by atoms with Crippen LogP contribution in [0, 0.1) is 5.92 Å². The minimum Gasteiger partial charge on any atom is -0.384 e. The lowest BCUT2D eigenvalue weighted by atomic mass is 10.1. The van der Waals surface area contributed by atoms with E-state index in [1.165, 1.54) is 22.1 Å². The van der Waals surface area contributed by atoms with Crippen molar-refractivity contribution < 1.29 is 4.74 Å². The molecule has 1 aliphatic rings. The van der Waals surface area contributed by atoms with Crippen LogP contribution in [-0.4, -0.2) is 26.8 Å². The maximum atomic E-state index is 5.23. The van der Waals surface area contributed by atoms with Crippen LogP contribution in [0.25, 0.3) is 0 Å². The minimum absolute atomic E-state index is 0.676. The Labute approximate surface area is 120 Å². The number of halogens is 2. The van der Waals surface area contributed by atoms with E-state index in [1.54, 1.807) is 7.11 Å². The summed E-state index contributed by atoms with van der Waals surface area (Å²) in [5.41, 5.74) is 2.60. The van der Waals surface area contributed by atoms with Gasteiger partial charge in [-0.1, -0.05) is 37.9 Å². The van der Waals surface area contributed by atoms with Crippen molar-refractivity contribution in [2.45, 2.75) is 11.8 Å². The molecule has 17 heavy (non-hydrogen) atoms. The van der Waals surface area contributed by atoms with Crippen LogP contribution in [0.1, 0.15) is 12.0 Å². The number of hydrogen-bond acceptors (Lipinski definition) is 2. The lowest BCUT2D eigenvalue weighted by molar-refractivity contribution is 0.161. The number of nitrogens with zero attached hydrogens (tertiary/aromatic N) is 1. The van der Waals surface area contributed by atoms with Crippen molar-refractivity contribution in [2.24, 2.45) is 5.92 Å². The minimum atomic E-state index is 0.676. The summed E-state index contributed by atoms with van der Waals surface area (Å²) < 4.78 is 6.41. The summed E-state index contributed by atoms with van der Waals surface area (Å²) in [5, 5.41) is 0.889. The van der Waals surface area contributed by atoms with Gasteiger partial charge in [0.05, 0.1) is 6.61 Å². The summed E-state index contributed by atoms with van der Waals surface area (Å²) in [7, 11) is 1.78. The molecule has 1 heterocycles. The Bertz CT molecular complexity index is 384. The highest BCUT2D eigenvalue weighted by molar-refractivity contribution is 9.10. The highest BCUT2D eigenvalue weighted by Gasteiger charge is 2.22. The molecule has 1 saturated heterocycles. The van der Waals surface area contributed by atoms with Gasteiger partial charge in [0.1, 0.15) is 0 Å². The first-order valence-corrected chi connectivity index (χ1v) is 7.74. The largest absolute Gasteiger partial charge is 0.384 e. The molecule has 94 valence electrons. The maximum Gasteiger partial charge on any atom is 0.0508 e. The fourth-order valence-corrected chi connectivity index (χ4v) is 3.65. The van der Waals surface area contributed by atoms with E-state index in [-0.39, 0.29) is 0 Å². The van der Waals surface area contributed by atoms with Gasteiger partial charge >= 0.3 is 0 Å². The molecule has 0 aromatic heterocycles. The van der Waals surface area contributed by atoms with Crippen molar-refractivity contribution in [3.05, 3.63) is 28.2 Å². The lowest BCUT2D eigenvalue weighted by Gasteiger charge is -2.19. The van der Waals surface area contributed by atoms with Gasteiger partial charge in [0.25, 0.3) is 0 Å². The number of rotatable bonds is 4. The van der Waals surface area contributed by atoms with Crippen molar-refractivity contribution in [2.75, 3.05) is 31.7 Å². The predicted molar refractivity (Wildman–Crippen MR) is 79.0 cm³/mol. The molecule has 2 nitrogen and oxygen atoms in total. The van der Waals surface area contributed by atoms with E-state index in [1.807, 2.05) is 0 Å². The summed E-state index contributed by atoms with van der Waals surface area (Å²) in [6.45, 7) is 3.11. The van der Waals surface area contributed by atoms with Gasteiger partial charge in [0, 0.05) is 41.6 Å². The van der Waals surface area contributed by atoms with E-state index in [4.69, 9.17) is 4.74 Å². The zero-order chi connectivity index (χ0) is 12.3. The first kappa shape index (κ1) is 13.4. The number of ether oxygens (including phenoxy) is 1. The lowest BCUT2D eigenvalue weighted by Crippen LogP contribution is -2.20. The van der Waals surface area contributed by atoms with Crippen LogP contribution in [0.3, 0.4) is 0 Å². The molecule has 1 unspecified atom stereocenters.